The Labute approximate surface area is 104 Å². The van der Waals surface area contributed by atoms with E-state index >= 15 is 0 Å². The second kappa shape index (κ2) is 4.83. The first kappa shape index (κ1) is 11.3. The minimum absolute atomic E-state index is 0.118. The lowest BCUT2D eigenvalue weighted by Gasteiger charge is -2.11. The van der Waals surface area contributed by atoms with Gasteiger partial charge in [-0.2, -0.15) is 4.98 Å². The van der Waals surface area contributed by atoms with Gasteiger partial charge in [0.15, 0.2) is 0 Å². The predicted molar refractivity (Wildman–Crippen MR) is 63.9 cm³/mol. The van der Waals surface area contributed by atoms with Crippen LogP contribution in [-0.4, -0.2) is 41.4 Å². The third kappa shape index (κ3) is 2.00. The van der Waals surface area contributed by atoms with Gasteiger partial charge < -0.3 is 14.6 Å². The van der Waals surface area contributed by atoms with E-state index in [9.17, 15) is 0 Å². The summed E-state index contributed by atoms with van der Waals surface area (Å²) >= 11 is 0. The molecule has 2 aromatic rings. The summed E-state index contributed by atoms with van der Waals surface area (Å²) in [6.45, 7) is 1.28. The average Bonchev–Trinajstić information content (AvgIpc) is 3.08. The number of nitrogens with zero attached hydrogens (tertiary/aromatic N) is 3. The molecule has 94 valence electrons. The molecule has 1 aliphatic heterocycles. The van der Waals surface area contributed by atoms with E-state index in [1.807, 2.05) is 19.2 Å². The van der Waals surface area contributed by atoms with E-state index < -0.39 is 0 Å². The highest BCUT2D eigenvalue weighted by Gasteiger charge is 2.33. The lowest BCUT2D eigenvalue weighted by atomic mass is 10.0. The fourth-order valence-corrected chi connectivity index (χ4v) is 2.08. The minimum atomic E-state index is 0.118. The maximum atomic E-state index is 5.43. The third-order valence-electron chi connectivity index (χ3n) is 3.13. The van der Waals surface area contributed by atoms with E-state index in [1.165, 1.54) is 0 Å². The van der Waals surface area contributed by atoms with Crippen LogP contribution in [0.2, 0.25) is 0 Å². The predicted octanol–water partition coefficient (Wildman–Crippen LogP) is 0.833. The quantitative estimate of drug-likeness (QED) is 0.865. The molecular formula is C12H14N4O2. The molecule has 0 aliphatic carbocycles. The number of pyridine rings is 1. The SMILES string of the molecule is CNC1COCC1c1nc(-c2cccnc2)no1. The highest BCUT2D eigenvalue weighted by molar-refractivity contribution is 5.51. The summed E-state index contributed by atoms with van der Waals surface area (Å²) in [6.07, 6.45) is 3.43. The van der Waals surface area contributed by atoms with Gasteiger partial charge in [0.1, 0.15) is 0 Å². The highest BCUT2D eigenvalue weighted by Crippen LogP contribution is 2.26. The van der Waals surface area contributed by atoms with Gasteiger partial charge >= 0.3 is 0 Å². The van der Waals surface area contributed by atoms with Crippen LogP contribution in [-0.2, 0) is 4.74 Å². The molecule has 1 N–H and O–H groups in total. The van der Waals surface area contributed by atoms with Crippen LogP contribution in [0.4, 0.5) is 0 Å². The summed E-state index contributed by atoms with van der Waals surface area (Å²) < 4.78 is 10.8. The molecule has 18 heavy (non-hydrogen) atoms. The molecule has 6 nitrogen and oxygen atoms in total. The lowest BCUT2D eigenvalue weighted by molar-refractivity contribution is 0.185. The van der Waals surface area contributed by atoms with Gasteiger partial charge in [-0.15, -0.1) is 0 Å². The standard InChI is InChI=1S/C12H14N4O2/c1-13-10-7-17-6-9(10)12-15-11(16-18-12)8-3-2-4-14-5-8/h2-5,9-10,13H,6-7H2,1H3. The van der Waals surface area contributed by atoms with Gasteiger partial charge in [0.25, 0.3) is 0 Å². The van der Waals surface area contributed by atoms with Crippen molar-refractivity contribution in [3.05, 3.63) is 30.4 Å². The number of aromatic nitrogens is 3. The van der Waals surface area contributed by atoms with Gasteiger partial charge in [0.05, 0.1) is 19.1 Å². The molecule has 2 atom stereocenters. The molecule has 3 heterocycles. The van der Waals surface area contributed by atoms with E-state index in [1.54, 1.807) is 12.4 Å². The Morgan fingerprint density at radius 1 is 1.39 bits per heavy atom. The van der Waals surface area contributed by atoms with Gasteiger partial charge in [-0.1, -0.05) is 5.16 Å². The van der Waals surface area contributed by atoms with Gasteiger partial charge in [0.2, 0.25) is 11.7 Å². The summed E-state index contributed by atoms with van der Waals surface area (Å²) in [4.78, 5) is 8.46. The first-order valence-electron chi connectivity index (χ1n) is 5.87. The minimum Gasteiger partial charge on any atom is -0.379 e. The van der Waals surface area contributed by atoms with Gasteiger partial charge in [-0.3, -0.25) is 4.98 Å². The van der Waals surface area contributed by atoms with Crippen LogP contribution in [0.3, 0.4) is 0 Å². The summed E-state index contributed by atoms with van der Waals surface area (Å²) in [5.41, 5.74) is 0.854. The summed E-state index contributed by atoms with van der Waals surface area (Å²) in [5, 5.41) is 7.19. The van der Waals surface area contributed by atoms with Crippen LogP contribution in [0.1, 0.15) is 11.8 Å². The van der Waals surface area contributed by atoms with Crippen molar-refractivity contribution in [2.24, 2.45) is 0 Å². The zero-order valence-electron chi connectivity index (χ0n) is 10.0. The fraction of sp³-hybridized carbons (Fsp3) is 0.417. The van der Waals surface area contributed by atoms with Crippen molar-refractivity contribution < 1.29 is 9.26 Å². The molecule has 1 fully saturated rings. The number of nitrogens with one attached hydrogen (secondary N) is 1. The second-order valence-electron chi connectivity index (χ2n) is 4.24. The van der Waals surface area contributed by atoms with Crippen LogP contribution >= 0.6 is 0 Å². The van der Waals surface area contributed by atoms with E-state index in [4.69, 9.17) is 9.26 Å². The van der Waals surface area contributed by atoms with E-state index in [0.717, 1.165) is 5.56 Å². The Hall–Kier alpha value is -1.79. The van der Waals surface area contributed by atoms with Crippen LogP contribution in [0, 0.1) is 0 Å². The Morgan fingerprint density at radius 2 is 2.33 bits per heavy atom. The zero-order valence-corrected chi connectivity index (χ0v) is 10.0. The number of ether oxygens (including phenoxy) is 1. The van der Waals surface area contributed by atoms with Crippen LogP contribution < -0.4 is 5.32 Å². The maximum Gasteiger partial charge on any atom is 0.234 e. The Morgan fingerprint density at radius 3 is 3.11 bits per heavy atom. The van der Waals surface area contributed by atoms with Gasteiger partial charge in [-0.25, -0.2) is 0 Å². The van der Waals surface area contributed by atoms with Crippen molar-refractivity contribution in [3.8, 4) is 11.4 Å². The molecule has 3 rings (SSSR count). The Bertz CT molecular complexity index is 514. The normalized spacial score (nSPS) is 23.4. The summed E-state index contributed by atoms with van der Waals surface area (Å²) in [5.74, 6) is 1.30. The molecule has 2 aromatic heterocycles. The number of hydrogen-bond acceptors (Lipinski definition) is 6. The lowest BCUT2D eigenvalue weighted by Crippen LogP contribution is -2.31. The van der Waals surface area contributed by atoms with Crippen LogP contribution in [0.15, 0.2) is 29.0 Å². The van der Waals surface area contributed by atoms with Crippen molar-refractivity contribution in [1.29, 1.82) is 0 Å². The molecule has 6 heteroatoms. The van der Waals surface area contributed by atoms with Crippen molar-refractivity contribution in [3.63, 3.8) is 0 Å². The smallest absolute Gasteiger partial charge is 0.234 e. The Kier molecular flexibility index (Phi) is 3.04. The molecule has 0 amide bonds. The van der Waals surface area contributed by atoms with Crippen molar-refractivity contribution in [1.82, 2.24) is 20.4 Å². The topological polar surface area (TPSA) is 73.1 Å². The number of likely N-dealkylation sites (N-methyl/N-ethyl adjacent to an activating group) is 1. The van der Waals surface area contributed by atoms with Gasteiger partial charge in [-0.05, 0) is 19.2 Å². The molecule has 0 bridgehead atoms. The van der Waals surface area contributed by atoms with Crippen molar-refractivity contribution in [2.45, 2.75) is 12.0 Å². The molecule has 0 saturated carbocycles. The van der Waals surface area contributed by atoms with Crippen molar-refractivity contribution >= 4 is 0 Å². The maximum absolute atomic E-state index is 5.43. The summed E-state index contributed by atoms with van der Waals surface area (Å²) in [6, 6.07) is 3.98. The average molecular weight is 246 g/mol. The van der Waals surface area contributed by atoms with Gasteiger partial charge in [0, 0.05) is 24.0 Å². The van der Waals surface area contributed by atoms with E-state index in [-0.39, 0.29) is 12.0 Å². The molecule has 0 aromatic carbocycles. The third-order valence-corrected chi connectivity index (χ3v) is 3.13. The first-order chi connectivity index (χ1) is 8.88. The molecule has 0 spiro atoms. The first-order valence-corrected chi connectivity index (χ1v) is 5.87. The second-order valence-corrected chi connectivity index (χ2v) is 4.24. The van der Waals surface area contributed by atoms with Crippen LogP contribution in [0.25, 0.3) is 11.4 Å². The van der Waals surface area contributed by atoms with Crippen molar-refractivity contribution in [2.75, 3.05) is 20.3 Å². The molecule has 2 unspecified atom stereocenters. The molecule has 1 saturated heterocycles. The molecule has 0 radical (unpaired) electrons. The Balaban J connectivity index is 1.86. The van der Waals surface area contributed by atoms with E-state index in [0.29, 0.717) is 24.9 Å². The fourth-order valence-electron chi connectivity index (χ4n) is 2.08. The van der Waals surface area contributed by atoms with Crippen LogP contribution in [0.5, 0.6) is 0 Å². The zero-order chi connectivity index (χ0) is 12.4. The van der Waals surface area contributed by atoms with E-state index in [2.05, 4.69) is 20.4 Å². The molecular weight excluding hydrogens is 232 g/mol. The highest BCUT2D eigenvalue weighted by atomic mass is 16.5. The molecule has 1 aliphatic rings. The number of hydrogen-bond donors (Lipinski definition) is 1. The summed E-state index contributed by atoms with van der Waals surface area (Å²) in [7, 11) is 1.91. The number of rotatable bonds is 3. The monoisotopic (exact) mass is 246 g/mol. The largest absolute Gasteiger partial charge is 0.379 e.